The quantitative estimate of drug-likeness (QED) is 0.729. The van der Waals surface area contributed by atoms with Crippen LogP contribution in [0.2, 0.25) is 0 Å². The fraction of sp³-hybridized carbons (Fsp3) is 0.286. The van der Waals surface area contributed by atoms with Crippen LogP contribution in [0.3, 0.4) is 0 Å². The van der Waals surface area contributed by atoms with Crippen molar-refractivity contribution in [1.82, 2.24) is 19.7 Å². The van der Waals surface area contributed by atoms with E-state index in [0.717, 1.165) is 29.9 Å². The highest BCUT2D eigenvalue weighted by Crippen LogP contribution is 2.24. The van der Waals surface area contributed by atoms with Crippen molar-refractivity contribution in [2.24, 2.45) is 0 Å². The van der Waals surface area contributed by atoms with Crippen molar-refractivity contribution in [1.29, 1.82) is 0 Å². The number of hydrogen-bond donors (Lipinski definition) is 1. The number of aromatic nitrogens is 3. The maximum Gasteiger partial charge on any atom is 0.253 e. The van der Waals surface area contributed by atoms with Crippen LogP contribution in [0, 0.1) is 13.8 Å². The second-order valence-electron chi connectivity index (χ2n) is 6.75. The first-order chi connectivity index (χ1) is 13.0. The van der Waals surface area contributed by atoms with Crippen LogP contribution in [0.1, 0.15) is 28.2 Å². The first-order valence-electron chi connectivity index (χ1n) is 9.03. The summed E-state index contributed by atoms with van der Waals surface area (Å²) in [5.41, 5.74) is 10.9. The van der Waals surface area contributed by atoms with E-state index in [4.69, 9.17) is 5.73 Å². The lowest BCUT2D eigenvalue weighted by molar-refractivity contribution is 0.0791. The average Bonchev–Trinajstić information content (AvgIpc) is 2.98. The van der Waals surface area contributed by atoms with Gasteiger partial charge in [-0.2, -0.15) is 5.10 Å². The predicted molar refractivity (Wildman–Crippen MR) is 107 cm³/mol. The molecule has 2 aromatic heterocycles. The zero-order valence-electron chi connectivity index (χ0n) is 16.0. The minimum Gasteiger partial charge on any atom is -0.397 e. The number of aryl methyl sites for hydroxylation is 3. The van der Waals surface area contributed by atoms with E-state index in [1.807, 2.05) is 55.9 Å². The van der Waals surface area contributed by atoms with Gasteiger partial charge in [0.25, 0.3) is 5.91 Å². The van der Waals surface area contributed by atoms with E-state index in [1.54, 1.807) is 17.2 Å². The van der Waals surface area contributed by atoms with Gasteiger partial charge in [0, 0.05) is 43.2 Å². The molecule has 2 N–H and O–H groups in total. The van der Waals surface area contributed by atoms with Crippen LogP contribution < -0.4 is 5.73 Å². The third-order valence-electron chi connectivity index (χ3n) is 4.54. The molecular weight excluding hydrogens is 338 g/mol. The monoisotopic (exact) mass is 363 g/mol. The number of anilines is 1. The summed E-state index contributed by atoms with van der Waals surface area (Å²) < 4.78 is 1.98. The summed E-state index contributed by atoms with van der Waals surface area (Å²) in [5, 5.41) is 4.46. The Morgan fingerprint density at radius 3 is 2.70 bits per heavy atom. The molecule has 3 rings (SSSR count). The van der Waals surface area contributed by atoms with Crippen molar-refractivity contribution in [2.75, 3.05) is 19.3 Å². The van der Waals surface area contributed by atoms with Crippen molar-refractivity contribution in [3.63, 3.8) is 0 Å². The lowest BCUT2D eigenvalue weighted by atomic mass is 10.1. The number of rotatable bonds is 6. The Balaban J connectivity index is 1.65. The Bertz CT molecular complexity index is 947. The fourth-order valence-electron chi connectivity index (χ4n) is 3.14. The van der Waals surface area contributed by atoms with Crippen LogP contribution in [0.5, 0.6) is 0 Å². The Labute approximate surface area is 159 Å². The molecule has 2 heterocycles. The Morgan fingerprint density at radius 1 is 1.19 bits per heavy atom. The van der Waals surface area contributed by atoms with Gasteiger partial charge in [-0.15, -0.1) is 0 Å². The molecular formula is C21H25N5O. The SMILES string of the molecule is Cc1cc(C)n(CCCN(C)C(=O)c2cccc(-c3ncccc3N)c2)n1. The molecule has 0 fully saturated rings. The van der Waals surface area contributed by atoms with Gasteiger partial charge in [0.2, 0.25) is 0 Å². The number of hydrogen-bond acceptors (Lipinski definition) is 4. The van der Waals surface area contributed by atoms with E-state index in [1.165, 1.54) is 0 Å². The van der Waals surface area contributed by atoms with E-state index in [-0.39, 0.29) is 5.91 Å². The molecule has 27 heavy (non-hydrogen) atoms. The van der Waals surface area contributed by atoms with Gasteiger partial charge in [-0.25, -0.2) is 0 Å². The maximum atomic E-state index is 12.8. The summed E-state index contributed by atoms with van der Waals surface area (Å²) in [5.74, 6) is -0.0141. The molecule has 0 saturated heterocycles. The zero-order chi connectivity index (χ0) is 19.4. The van der Waals surface area contributed by atoms with Crippen molar-refractivity contribution < 1.29 is 4.79 Å². The van der Waals surface area contributed by atoms with Gasteiger partial charge in [-0.05, 0) is 50.6 Å². The molecule has 1 amide bonds. The van der Waals surface area contributed by atoms with Crippen LogP contribution in [0.4, 0.5) is 5.69 Å². The molecule has 3 aromatic rings. The molecule has 0 spiro atoms. The second-order valence-corrected chi connectivity index (χ2v) is 6.75. The molecule has 0 radical (unpaired) electrons. The third kappa shape index (κ3) is 4.34. The third-order valence-corrected chi connectivity index (χ3v) is 4.54. The Morgan fingerprint density at radius 2 is 2.00 bits per heavy atom. The lowest BCUT2D eigenvalue weighted by Crippen LogP contribution is -2.28. The van der Waals surface area contributed by atoms with Gasteiger partial charge in [0.05, 0.1) is 17.1 Å². The molecule has 0 saturated carbocycles. The minimum absolute atomic E-state index is 0.0141. The topological polar surface area (TPSA) is 77.0 Å². The highest BCUT2D eigenvalue weighted by Gasteiger charge is 2.13. The average molecular weight is 363 g/mol. The highest BCUT2D eigenvalue weighted by atomic mass is 16.2. The van der Waals surface area contributed by atoms with E-state index < -0.39 is 0 Å². The fourth-order valence-corrected chi connectivity index (χ4v) is 3.14. The normalized spacial score (nSPS) is 10.8. The number of pyridine rings is 1. The number of carbonyl (C=O) groups is 1. The number of nitrogen functional groups attached to an aromatic ring is 1. The Hall–Kier alpha value is -3.15. The van der Waals surface area contributed by atoms with E-state index in [2.05, 4.69) is 16.1 Å². The standard InChI is InChI=1S/C21H25N5O/c1-15-13-16(2)26(24-15)12-6-11-25(3)21(27)18-8-4-7-17(14-18)20-19(22)9-5-10-23-20/h4-5,7-10,13-14H,6,11-12,22H2,1-3H3. The molecule has 140 valence electrons. The van der Waals surface area contributed by atoms with Crippen molar-refractivity contribution in [3.05, 3.63) is 65.6 Å². The largest absolute Gasteiger partial charge is 0.397 e. The summed E-state index contributed by atoms with van der Waals surface area (Å²) in [6, 6.07) is 13.1. The van der Waals surface area contributed by atoms with Crippen LogP contribution in [0.25, 0.3) is 11.3 Å². The van der Waals surface area contributed by atoms with Gasteiger partial charge in [-0.3, -0.25) is 14.5 Å². The number of amides is 1. The minimum atomic E-state index is -0.0141. The highest BCUT2D eigenvalue weighted by molar-refractivity contribution is 5.95. The first-order valence-corrected chi connectivity index (χ1v) is 9.03. The number of nitrogens with two attached hydrogens (primary N) is 1. The van der Waals surface area contributed by atoms with Gasteiger partial charge in [0.1, 0.15) is 0 Å². The van der Waals surface area contributed by atoms with Crippen LogP contribution in [0.15, 0.2) is 48.7 Å². The number of benzene rings is 1. The van der Waals surface area contributed by atoms with Crippen LogP contribution in [-0.4, -0.2) is 39.2 Å². The van der Waals surface area contributed by atoms with Crippen molar-refractivity contribution >= 4 is 11.6 Å². The smallest absolute Gasteiger partial charge is 0.253 e. The van der Waals surface area contributed by atoms with Gasteiger partial charge in [0.15, 0.2) is 0 Å². The maximum absolute atomic E-state index is 12.8. The summed E-state index contributed by atoms with van der Waals surface area (Å²) in [7, 11) is 1.82. The van der Waals surface area contributed by atoms with Crippen molar-refractivity contribution in [2.45, 2.75) is 26.8 Å². The van der Waals surface area contributed by atoms with Crippen LogP contribution >= 0.6 is 0 Å². The number of carbonyl (C=O) groups excluding carboxylic acids is 1. The van der Waals surface area contributed by atoms with Gasteiger partial charge >= 0.3 is 0 Å². The van der Waals surface area contributed by atoms with Gasteiger partial charge in [-0.1, -0.05) is 12.1 Å². The van der Waals surface area contributed by atoms with Gasteiger partial charge < -0.3 is 10.6 Å². The second kappa shape index (κ2) is 8.03. The molecule has 0 aliphatic rings. The van der Waals surface area contributed by atoms with E-state index in [9.17, 15) is 4.79 Å². The van der Waals surface area contributed by atoms with E-state index >= 15 is 0 Å². The zero-order valence-corrected chi connectivity index (χ0v) is 16.0. The molecule has 6 heteroatoms. The molecule has 6 nitrogen and oxygen atoms in total. The molecule has 0 aliphatic heterocycles. The van der Waals surface area contributed by atoms with E-state index in [0.29, 0.717) is 23.5 Å². The summed E-state index contributed by atoms with van der Waals surface area (Å²) >= 11 is 0. The Kier molecular flexibility index (Phi) is 5.54. The number of nitrogens with zero attached hydrogens (tertiary/aromatic N) is 4. The lowest BCUT2D eigenvalue weighted by Gasteiger charge is -2.18. The van der Waals surface area contributed by atoms with Crippen molar-refractivity contribution in [3.8, 4) is 11.3 Å². The molecule has 1 aromatic carbocycles. The molecule has 0 atom stereocenters. The van der Waals surface area contributed by atoms with Crippen LogP contribution in [-0.2, 0) is 6.54 Å². The molecule has 0 bridgehead atoms. The first kappa shape index (κ1) is 18.6. The summed E-state index contributed by atoms with van der Waals surface area (Å²) in [6.07, 6.45) is 2.54. The molecule has 0 unspecified atom stereocenters. The summed E-state index contributed by atoms with van der Waals surface area (Å²) in [6.45, 7) is 5.49. The summed E-state index contributed by atoms with van der Waals surface area (Å²) in [4.78, 5) is 18.8. The molecule has 0 aliphatic carbocycles. The predicted octanol–water partition coefficient (Wildman–Crippen LogP) is 3.31.